The van der Waals surface area contributed by atoms with E-state index in [4.69, 9.17) is 9.52 Å². The molecular weight excluding hydrogens is 314 g/mol. The molecule has 0 aromatic carbocycles. The summed E-state index contributed by atoms with van der Waals surface area (Å²) in [5, 5.41) is 4.72. The van der Waals surface area contributed by atoms with Gasteiger partial charge in [-0.25, -0.2) is 0 Å². The van der Waals surface area contributed by atoms with Crippen molar-refractivity contribution < 1.29 is 9.21 Å². The minimum atomic E-state index is 0.0562. The van der Waals surface area contributed by atoms with Crippen LogP contribution in [0.1, 0.15) is 54.8 Å². The summed E-state index contributed by atoms with van der Waals surface area (Å²) >= 11 is 0. The molecule has 0 atom stereocenters. The molecule has 5 heteroatoms. The van der Waals surface area contributed by atoms with Gasteiger partial charge in [0.1, 0.15) is 5.76 Å². The molecule has 2 heterocycles. The second kappa shape index (κ2) is 6.90. The average molecular weight is 339 g/mol. The summed E-state index contributed by atoms with van der Waals surface area (Å²) in [6.07, 6.45) is 13.0. The Kier molecular flexibility index (Phi) is 4.47. The largest absolute Gasteiger partial charge is 0.465 e. The molecule has 2 aromatic rings. The fraction of sp³-hybridized carbons (Fsp3) is 0.500. The van der Waals surface area contributed by atoms with E-state index in [1.54, 1.807) is 18.4 Å². The fourth-order valence-electron chi connectivity index (χ4n) is 4.22. The van der Waals surface area contributed by atoms with Crippen molar-refractivity contribution in [2.75, 3.05) is 0 Å². The van der Waals surface area contributed by atoms with E-state index in [-0.39, 0.29) is 5.91 Å². The number of carbonyl (C=O) groups is 1. The highest BCUT2D eigenvalue weighted by Crippen LogP contribution is 2.29. The van der Waals surface area contributed by atoms with Crippen molar-refractivity contribution >= 4 is 12.0 Å². The van der Waals surface area contributed by atoms with Gasteiger partial charge < -0.3 is 9.32 Å². The first-order valence-electron chi connectivity index (χ1n) is 9.28. The van der Waals surface area contributed by atoms with Gasteiger partial charge in [0, 0.05) is 24.9 Å². The monoisotopic (exact) mass is 339 g/mol. The molecule has 1 fully saturated rings. The Morgan fingerprint density at radius 2 is 2.20 bits per heavy atom. The van der Waals surface area contributed by atoms with Crippen molar-refractivity contribution in [2.45, 2.75) is 57.5 Å². The molecule has 0 radical (unpaired) electrons. The molecule has 0 spiro atoms. The number of rotatable bonds is 5. The Balaban J connectivity index is 1.56. The molecule has 1 amide bonds. The lowest BCUT2D eigenvalue weighted by atomic mass is 10.1. The van der Waals surface area contributed by atoms with Gasteiger partial charge in [-0.05, 0) is 55.9 Å². The summed E-state index contributed by atoms with van der Waals surface area (Å²) in [7, 11) is 2.02. The Labute approximate surface area is 148 Å². The zero-order valence-electron chi connectivity index (χ0n) is 14.8. The van der Waals surface area contributed by atoms with Crippen LogP contribution >= 0.6 is 0 Å². The Hall–Kier alpha value is -2.30. The van der Waals surface area contributed by atoms with E-state index in [1.165, 1.54) is 30.5 Å². The SMILES string of the molecule is Cn1nc(CN(C(=O)C=Cc2ccco2)C2CCCC2)c2c1CCC2. The van der Waals surface area contributed by atoms with Crippen LogP contribution in [0, 0.1) is 0 Å². The molecule has 0 unspecified atom stereocenters. The smallest absolute Gasteiger partial charge is 0.247 e. The number of amides is 1. The normalized spacial score (nSPS) is 17.5. The number of nitrogens with zero attached hydrogens (tertiary/aromatic N) is 3. The quantitative estimate of drug-likeness (QED) is 0.784. The number of hydrogen-bond acceptors (Lipinski definition) is 3. The van der Waals surface area contributed by atoms with Crippen LogP contribution in [-0.2, 0) is 31.2 Å². The van der Waals surface area contributed by atoms with Gasteiger partial charge in [0.25, 0.3) is 0 Å². The second-order valence-corrected chi connectivity index (χ2v) is 7.10. The van der Waals surface area contributed by atoms with Crippen LogP contribution in [0.3, 0.4) is 0 Å². The van der Waals surface area contributed by atoms with E-state index in [2.05, 4.69) is 0 Å². The highest BCUT2D eigenvalue weighted by atomic mass is 16.3. The van der Waals surface area contributed by atoms with E-state index in [9.17, 15) is 4.79 Å². The first-order valence-corrected chi connectivity index (χ1v) is 9.28. The van der Waals surface area contributed by atoms with E-state index >= 15 is 0 Å². The van der Waals surface area contributed by atoms with Gasteiger partial charge in [-0.2, -0.15) is 5.10 Å². The molecule has 2 aliphatic rings. The van der Waals surface area contributed by atoms with E-state index in [0.717, 1.165) is 31.4 Å². The number of furan rings is 1. The Bertz CT molecular complexity index is 767. The Morgan fingerprint density at radius 3 is 2.96 bits per heavy atom. The van der Waals surface area contributed by atoms with Crippen LogP contribution in [-0.4, -0.2) is 26.6 Å². The predicted octanol–water partition coefficient (Wildman–Crippen LogP) is 3.49. The van der Waals surface area contributed by atoms with Crippen LogP contribution in [0.5, 0.6) is 0 Å². The predicted molar refractivity (Wildman–Crippen MR) is 95.8 cm³/mol. The molecule has 0 aliphatic heterocycles. The summed E-state index contributed by atoms with van der Waals surface area (Å²) in [4.78, 5) is 14.9. The van der Waals surface area contributed by atoms with Crippen molar-refractivity contribution in [3.63, 3.8) is 0 Å². The molecule has 1 saturated carbocycles. The lowest BCUT2D eigenvalue weighted by molar-refractivity contribution is -0.128. The lowest BCUT2D eigenvalue weighted by Gasteiger charge is -2.27. The molecule has 5 nitrogen and oxygen atoms in total. The third-order valence-electron chi connectivity index (χ3n) is 5.50. The van der Waals surface area contributed by atoms with Gasteiger partial charge in [-0.3, -0.25) is 9.48 Å². The highest BCUT2D eigenvalue weighted by Gasteiger charge is 2.29. The number of fused-ring (bicyclic) bond motifs is 1. The van der Waals surface area contributed by atoms with Crippen molar-refractivity contribution in [2.24, 2.45) is 7.05 Å². The maximum Gasteiger partial charge on any atom is 0.247 e. The summed E-state index contributed by atoms with van der Waals surface area (Å²) < 4.78 is 7.31. The van der Waals surface area contributed by atoms with Crippen molar-refractivity contribution in [3.8, 4) is 0 Å². The fourth-order valence-corrected chi connectivity index (χ4v) is 4.22. The minimum absolute atomic E-state index is 0.0562. The third-order valence-corrected chi connectivity index (χ3v) is 5.50. The summed E-state index contributed by atoms with van der Waals surface area (Å²) in [6, 6.07) is 4.01. The summed E-state index contributed by atoms with van der Waals surface area (Å²) in [5.74, 6) is 0.763. The van der Waals surface area contributed by atoms with Crippen LogP contribution in [0.2, 0.25) is 0 Å². The van der Waals surface area contributed by atoms with Crippen LogP contribution in [0.25, 0.3) is 6.08 Å². The van der Waals surface area contributed by atoms with Crippen molar-refractivity contribution in [3.05, 3.63) is 47.2 Å². The first kappa shape index (κ1) is 16.2. The van der Waals surface area contributed by atoms with E-state index in [0.29, 0.717) is 18.3 Å². The minimum Gasteiger partial charge on any atom is -0.465 e. The first-order chi connectivity index (χ1) is 12.2. The van der Waals surface area contributed by atoms with Gasteiger partial charge in [-0.15, -0.1) is 0 Å². The molecule has 2 aliphatic carbocycles. The Morgan fingerprint density at radius 1 is 1.36 bits per heavy atom. The molecule has 2 aromatic heterocycles. The molecular formula is C20H25N3O2. The second-order valence-electron chi connectivity index (χ2n) is 7.10. The van der Waals surface area contributed by atoms with Gasteiger partial charge >= 0.3 is 0 Å². The maximum atomic E-state index is 12.9. The standard InChI is InChI=1S/C20H25N3O2/c1-22-19-10-4-9-17(19)18(21-22)14-23(15-6-2-3-7-15)20(24)12-11-16-8-5-13-25-16/h5,8,11-13,15H,2-4,6-7,9-10,14H2,1H3. The van der Waals surface area contributed by atoms with Crippen LogP contribution in [0.4, 0.5) is 0 Å². The molecule has 0 saturated heterocycles. The van der Waals surface area contributed by atoms with Crippen LogP contribution < -0.4 is 0 Å². The molecule has 132 valence electrons. The molecule has 0 bridgehead atoms. The molecule has 4 rings (SSSR count). The van der Waals surface area contributed by atoms with Gasteiger partial charge in [0.2, 0.25) is 5.91 Å². The van der Waals surface area contributed by atoms with Gasteiger partial charge in [0.05, 0.1) is 18.5 Å². The third kappa shape index (κ3) is 3.28. The number of hydrogen-bond donors (Lipinski definition) is 0. The number of aryl methyl sites for hydroxylation is 1. The van der Waals surface area contributed by atoms with Crippen molar-refractivity contribution in [1.82, 2.24) is 14.7 Å². The summed E-state index contributed by atoms with van der Waals surface area (Å²) in [6.45, 7) is 0.620. The maximum absolute atomic E-state index is 12.9. The van der Waals surface area contributed by atoms with Gasteiger partial charge in [-0.1, -0.05) is 12.8 Å². The van der Waals surface area contributed by atoms with Crippen LogP contribution in [0.15, 0.2) is 28.9 Å². The van der Waals surface area contributed by atoms with E-state index in [1.807, 2.05) is 28.8 Å². The lowest BCUT2D eigenvalue weighted by Crippen LogP contribution is -2.37. The number of carbonyl (C=O) groups excluding carboxylic acids is 1. The summed E-state index contributed by atoms with van der Waals surface area (Å²) in [5.41, 5.74) is 3.80. The average Bonchev–Trinajstić information content (AvgIpc) is 3.37. The van der Waals surface area contributed by atoms with E-state index < -0.39 is 0 Å². The van der Waals surface area contributed by atoms with Gasteiger partial charge in [0.15, 0.2) is 0 Å². The zero-order valence-corrected chi connectivity index (χ0v) is 14.8. The molecule has 0 N–H and O–H groups in total. The number of aromatic nitrogens is 2. The highest BCUT2D eigenvalue weighted by molar-refractivity contribution is 5.91. The van der Waals surface area contributed by atoms with Crippen molar-refractivity contribution in [1.29, 1.82) is 0 Å². The molecule has 25 heavy (non-hydrogen) atoms. The zero-order chi connectivity index (χ0) is 17.2. The topological polar surface area (TPSA) is 51.3 Å².